The van der Waals surface area contributed by atoms with Gasteiger partial charge in [0.1, 0.15) is 11.6 Å². The Morgan fingerprint density at radius 2 is 2.00 bits per heavy atom. The number of nitrogens with two attached hydrogens (primary N) is 1. The lowest BCUT2D eigenvalue weighted by Crippen LogP contribution is -2.65. The molecule has 3 rings (SSSR count). The van der Waals surface area contributed by atoms with Gasteiger partial charge in [-0.3, -0.25) is 9.59 Å². The summed E-state index contributed by atoms with van der Waals surface area (Å²) in [5.41, 5.74) is 3.89. The fourth-order valence-corrected chi connectivity index (χ4v) is 4.27. The minimum absolute atomic E-state index is 0.184. The van der Waals surface area contributed by atoms with Crippen molar-refractivity contribution in [2.24, 2.45) is 5.73 Å². The monoisotopic (exact) mass is 427 g/mol. The lowest BCUT2D eigenvalue weighted by Gasteiger charge is -2.43. The number of amides is 2. The highest BCUT2D eigenvalue weighted by molar-refractivity contribution is 5.98. The van der Waals surface area contributed by atoms with Gasteiger partial charge in [-0.05, 0) is 37.5 Å². The zero-order valence-electron chi connectivity index (χ0n) is 16.5. The lowest BCUT2D eigenvalue weighted by atomic mass is 9.77. The van der Waals surface area contributed by atoms with Gasteiger partial charge < -0.3 is 20.7 Å². The third-order valence-corrected chi connectivity index (χ3v) is 5.85. The van der Waals surface area contributed by atoms with Crippen LogP contribution in [0.5, 0.6) is 0 Å². The maximum atomic E-state index is 12.9. The summed E-state index contributed by atoms with van der Waals surface area (Å²) in [6.07, 6.45) is -1.85. The number of methoxy groups -OCH3 is 1. The molecule has 0 radical (unpaired) electrons. The molecule has 1 heterocycles. The highest BCUT2D eigenvalue weighted by Gasteiger charge is 2.51. The zero-order valence-corrected chi connectivity index (χ0v) is 16.5. The lowest BCUT2D eigenvalue weighted by molar-refractivity contribution is -0.153. The van der Waals surface area contributed by atoms with Crippen molar-refractivity contribution < 1.29 is 32.3 Å². The summed E-state index contributed by atoms with van der Waals surface area (Å²) in [4.78, 5) is 39.1. The van der Waals surface area contributed by atoms with Gasteiger partial charge in [-0.1, -0.05) is 18.9 Å². The number of carbonyl (C=O) groups is 3. The average molecular weight is 427 g/mol. The summed E-state index contributed by atoms with van der Waals surface area (Å²) >= 11 is 0. The maximum absolute atomic E-state index is 12.9. The van der Waals surface area contributed by atoms with E-state index in [1.54, 1.807) is 0 Å². The Balaban J connectivity index is 1.73. The Kier molecular flexibility index (Phi) is 6.07. The van der Waals surface area contributed by atoms with Crippen molar-refractivity contribution in [3.63, 3.8) is 0 Å². The van der Waals surface area contributed by atoms with E-state index in [0.29, 0.717) is 12.8 Å². The highest BCUT2D eigenvalue weighted by atomic mass is 19.4. The molecule has 0 aromatic heterocycles. The normalized spacial score (nSPS) is 27.1. The van der Waals surface area contributed by atoms with E-state index < -0.39 is 47.1 Å². The number of esters is 1. The fraction of sp³-hybridized carbons (Fsp3) is 0.550. The number of carbonyl (C=O) groups excluding carboxylic acids is 3. The van der Waals surface area contributed by atoms with Crippen LogP contribution in [0.2, 0.25) is 0 Å². The number of hydrogen-bond acceptors (Lipinski definition) is 5. The first-order valence-electron chi connectivity index (χ1n) is 9.74. The predicted octanol–water partition coefficient (Wildman–Crippen LogP) is 1.85. The van der Waals surface area contributed by atoms with Gasteiger partial charge in [0.2, 0.25) is 5.91 Å². The van der Waals surface area contributed by atoms with Crippen LogP contribution in [-0.4, -0.2) is 54.0 Å². The average Bonchev–Trinajstić information content (AvgIpc) is 3.07. The number of benzene rings is 1. The van der Waals surface area contributed by atoms with E-state index in [4.69, 9.17) is 10.5 Å². The first kappa shape index (κ1) is 22.1. The topological polar surface area (TPSA) is 102 Å². The summed E-state index contributed by atoms with van der Waals surface area (Å²) in [6.45, 7) is 0.285. The first-order chi connectivity index (χ1) is 14.1. The smallest absolute Gasteiger partial charge is 0.416 e. The van der Waals surface area contributed by atoms with Gasteiger partial charge in [0.25, 0.3) is 5.91 Å². The molecule has 0 bridgehead atoms. The molecule has 7 nitrogen and oxygen atoms in total. The van der Waals surface area contributed by atoms with Crippen molar-refractivity contribution in [2.75, 3.05) is 13.7 Å². The van der Waals surface area contributed by atoms with Crippen LogP contribution < -0.4 is 11.1 Å². The molecule has 3 atom stereocenters. The minimum atomic E-state index is -4.57. The summed E-state index contributed by atoms with van der Waals surface area (Å²) in [6, 6.07) is 2.57. The van der Waals surface area contributed by atoms with Crippen LogP contribution in [0.4, 0.5) is 13.2 Å². The molecule has 1 aromatic rings. The molecule has 0 spiro atoms. The summed E-state index contributed by atoms with van der Waals surface area (Å²) < 4.78 is 43.5. The third kappa shape index (κ3) is 4.14. The number of alkyl halides is 3. The number of nitrogens with one attached hydrogen (secondary N) is 1. The molecule has 2 amide bonds. The molecule has 2 aliphatic rings. The van der Waals surface area contributed by atoms with Gasteiger partial charge in [-0.15, -0.1) is 0 Å². The van der Waals surface area contributed by atoms with Crippen molar-refractivity contribution in [1.29, 1.82) is 0 Å². The van der Waals surface area contributed by atoms with Crippen LogP contribution in [0.3, 0.4) is 0 Å². The highest BCUT2D eigenvalue weighted by Crippen LogP contribution is 2.34. The Morgan fingerprint density at radius 1 is 1.27 bits per heavy atom. The van der Waals surface area contributed by atoms with E-state index in [1.807, 2.05) is 0 Å². The largest absolute Gasteiger partial charge is 0.468 e. The van der Waals surface area contributed by atoms with Crippen molar-refractivity contribution in [3.8, 4) is 0 Å². The Morgan fingerprint density at radius 3 is 2.67 bits per heavy atom. The van der Waals surface area contributed by atoms with Crippen LogP contribution >= 0.6 is 0 Å². The van der Waals surface area contributed by atoms with Crippen molar-refractivity contribution in [3.05, 3.63) is 35.4 Å². The van der Waals surface area contributed by atoms with Gasteiger partial charge in [0.05, 0.1) is 18.7 Å². The predicted molar refractivity (Wildman–Crippen MR) is 100 cm³/mol. The Bertz CT molecular complexity index is 845. The minimum Gasteiger partial charge on any atom is -0.468 e. The molecule has 1 aliphatic heterocycles. The SMILES string of the molecule is COC(=O)C1(N)CCCCC1N1CCC(NC(=O)c2cccc(C(F)(F)F)c2)C1=O. The number of nitrogens with zero attached hydrogens (tertiary/aromatic N) is 1. The van der Waals surface area contributed by atoms with Crippen molar-refractivity contribution >= 4 is 17.8 Å². The maximum Gasteiger partial charge on any atom is 0.416 e. The molecule has 30 heavy (non-hydrogen) atoms. The number of likely N-dealkylation sites (tertiary alicyclic amines) is 1. The van der Waals surface area contributed by atoms with E-state index >= 15 is 0 Å². The van der Waals surface area contributed by atoms with Crippen molar-refractivity contribution in [2.45, 2.75) is 55.9 Å². The van der Waals surface area contributed by atoms with Gasteiger partial charge in [0.15, 0.2) is 0 Å². The molecule has 3 N–H and O–H groups in total. The second-order valence-corrected chi connectivity index (χ2v) is 7.72. The molecular weight excluding hydrogens is 403 g/mol. The van der Waals surface area contributed by atoms with E-state index in [0.717, 1.165) is 31.0 Å². The van der Waals surface area contributed by atoms with E-state index in [9.17, 15) is 27.6 Å². The van der Waals surface area contributed by atoms with Gasteiger partial charge in [0, 0.05) is 12.1 Å². The number of ether oxygens (including phenoxy) is 1. The van der Waals surface area contributed by atoms with Gasteiger partial charge >= 0.3 is 12.1 Å². The standard InChI is InChI=1S/C20H24F3N3O4/c1-30-18(29)19(24)9-3-2-7-15(19)26-10-8-14(17(26)28)25-16(27)12-5-4-6-13(11-12)20(21,22)23/h4-6,11,14-15H,2-3,7-10,24H2,1H3,(H,25,27). The molecule has 1 saturated carbocycles. The Hall–Kier alpha value is -2.62. The van der Waals surface area contributed by atoms with Crippen LogP contribution in [0.15, 0.2) is 24.3 Å². The van der Waals surface area contributed by atoms with Crippen LogP contribution in [0.25, 0.3) is 0 Å². The van der Waals surface area contributed by atoms with E-state index in [2.05, 4.69) is 5.32 Å². The molecule has 1 saturated heterocycles. The second kappa shape index (κ2) is 8.25. The molecule has 2 fully saturated rings. The second-order valence-electron chi connectivity index (χ2n) is 7.72. The molecule has 3 unspecified atom stereocenters. The molecule has 164 valence electrons. The van der Waals surface area contributed by atoms with Crippen LogP contribution in [-0.2, 0) is 20.5 Å². The van der Waals surface area contributed by atoms with Crippen LogP contribution in [0.1, 0.15) is 48.0 Å². The number of rotatable bonds is 4. The molecule has 1 aromatic carbocycles. The quantitative estimate of drug-likeness (QED) is 0.714. The first-order valence-corrected chi connectivity index (χ1v) is 9.74. The molecule has 10 heteroatoms. The molecular formula is C20H24F3N3O4. The van der Waals surface area contributed by atoms with Gasteiger partial charge in [-0.2, -0.15) is 13.2 Å². The molecule has 1 aliphatic carbocycles. The fourth-order valence-electron chi connectivity index (χ4n) is 4.27. The summed E-state index contributed by atoms with van der Waals surface area (Å²) in [5, 5.41) is 2.51. The summed E-state index contributed by atoms with van der Waals surface area (Å²) in [5.74, 6) is -1.76. The zero-order chi connectivity index (χ0) is 22.1. The number of halogens is 3. The third-order valence-electron chi connectivity index (χ3n) is 5.85. The van der Waals surface area contributed by atoms with E-state index in [-0.39, 0.29) is 18.5 Å². The summed E-state index contributed by atoms with van der Waals surface area (Å²) in [7, 11) is 1.24. The number of hydrogen-bond donors (Lipinski definition) is 2. The van der Waals surface area contributed by atoms with Crippen LogP contribution in [0, 0.1) is 0 Å². The van der Waals surface area contributed by atoms with Crippen molar-refractivity contribution in [1.82, 2.24) is 10.2 Å². The Labute approximate surface area is 171 Å². The van der Waals surface area contributed by atoms with Gasteiger partial charge in [-0.25, -0.2) is 4.79 Å². The van der Waals surface area contributed by atoms with E-state index in [1.165, 1.54) is 18.1 Å².